The first-order chi connectivity index (χ1) is 8.27. The van der Waals surface area contributed by atoms with E-state index in [0.717, 1.165) is 4.31 Å². The molecule has 2 N–H and O–H groups in total. The number of thiocarbonyl (C=S) groups is 1. The molecule has 0 aromatic carbocycles. The molecular formula is C10H20N2O4S2. The summed E-state index contributed by atoms with van der Waals surface area (Å²) in [6.07, 6.45) is 0.586. The predicted molar refractivity (Wildman–Crippen MR) is 73.7 cm³/mol. The summed E-state index contributed by atoms with van der Waals surface area (Å²) >= 11 is 4.69. The summed E-state index contributed by atoms with van der Waals surface area (Å²) < 4.78 is 30.1. The summed E-state index contributed by atoms with van der Waals surface area (Å²) in [5.74, 6) is -0.579. The van der Waals surface area contributed by atoms with Crippen LogP contribution in [-0.2, 0) is 19.6 Å². The average Bonchev–Trinajstić information content (AvgIpc) is 2.27. The van der Waals surface area contributed by atoms with E-state index in [4.69, 9.17) is 22.7 Å². The summed E-state index contributed by atoms with van der Waals surface area (Å²) in [7, 11) is -3.71. The predicted octanol–water partition coefficient (Wildman–Crippen LogP) is 0.266. The zero-order chi connectivity index (χ0) is 14.3. The molecule has 0 fully saturated rings. The highest BCUT2D eigenvalue weighted by Gasteiger charge is 2.31. The van der Waals surface area contributed by atoms with Crippen LogP contribution in [0.3, 0.4) is 0 Å². The van der Waals surface area contributed by atoms with Crippen LogP contribution in [0.2, 0.25) is 0 Å². The maximum absolute atomic E-state index is 12.2. The number of carbonyl (C=O) groups is 1. The molecule has 0 heterocycles. The molecule has 6 nitrogen and oxygen atoms in total. The molecule has 106 valence electrons. The van der Waals surface area contributed by atoms with Gasteiger partial charge in [-0.25, -0.2) is 8.42 Å². The molecule has 0 saturated carbocycles. The lowest BCUT2D eigenvalue weighted by atomic mass is 10.5. The quantitative estimate of drug-likeness (QED) is 0.511. The van der Waals surface area contributed by atoms with Gasteiger partial charge in [0.1, 0.15) is 11.8 Å². The Morgan fingerprint density at radius 2 is 2.00 bits per heavy atom. The Morgan fingerprint density at radius 3 is 2.39 bits per heavy atom. The largest absolute Gasteiger partial charge is 0.465 e. The van der Waals surface area contributed by atoms with Gasteiger partial charge in [0.2, 0.25) is 10.0 Å². The molecule has 0 amide bonds. The van der Waals surface area contributed by atoms with Crippen molar-refractivity contribution < 1.29 is 17.9 Å². The number of nitrogens with two attached hydrogens (primary N) is 1. The van der Waals surface area contributed by atoms with Crippen LogP contribution in [0.5, 0.6) is 0 Å². The topological polar surface area (TPSA) is 89.7 Å². The van der Waals surface area contributed by atoms with Gasteiger partial charge in [-0.15, -0.1) is 0 Å². The third-order valence-electron chi connectivity index (χ3n) is 2.29. The van der Waals surface area contributed by atoms with Crippen molar-refractivity contribution in [2.75, 3.05) is 19.7 Å². The highest BCUT2D eigenvalue weighted by Crippen LogP contribution is 2.10. The van der Waals surface area contributed by atoms with Crippen LogP contribution in [0.15, 0.2) is 0 Å². The van der Waals surface area contributed by atoms with Crippen LogP contribution in [0.4, 0.5) is 0 Å². The molecule has 0 aliphatic carbocycles. The molecule has 0 bridgehead atoms. The first kappa shape index (κ1) is 17.3. The van der Waals surface area contributed by atoms with Crippen molar-refractivity contribution in [1.82, 2.24) is 4.31 Å². The van der Waals surface area contributed by atoms with Gasteiger partial charge < -0.3 is 10.5 Å². The van der Waals surface area contributed by atoms with E-state index in [1.54, 1.807) is 6.92 Å². The standard InChI is InChI=1S/C10H20N2O4S2/c1-4-6-12(7-9(13)16-5-2)18(14,15)8(3)10(11)17/h8H,4-7H2,1-3H3,(H2,11,17). The summed E-state index contributed by atoms with van der Waals surface area (Å²) in [4.78, 5) is 11.3. The fourth-order valence-corrected chi connectivity index (χ4v) is 3.09. The van der Waals surface area contributed by atoms with Gasteiger partial charge in [-0.3, -0.25) is 4.79 Å². The molecule has 0 saturated heterocycles. The minimum atomic E-state index is -3.71. The molecular weight excluding hydrogens is 276 g/mol. The van der Waals surface area contributed by atoms with Crippen LogP contribution < -0.4 is 5.73 Å². The molecule has 18 heavy (non-hydrogen) atoms. The van der Waals surface area contributed by atoms with Crippen LogP contribution in [0, 0.1) is 0 Å². The Hall–Kier alpha value is -0.730. The fraction of sp³-hybridized carbons (Fsp3) is 0.800. The number of ether oxygens (including phenoxy) is 1. The molecule has 1 unspecified atom stereocenters. The Bertz CT molecular complexity index is 395. The summed E-state index contributed by atoms with van der Waals surface area (Å²) in [6, 6.07) is 0. The van der Waals surface area contributed by atoms with Crippen molar-refractivity contribution in [3.63, 3.8) is 0 Å². The Morgan fingerprint density at radius 1 is 1.44 bits per heavy atom. The minimum Gasteiger partial charge on any atom is -0.465 e. The van der Waals surface area contributed by atoms with E-state index < -0.39 is 21.2 Å². The monoisotopic (exact) mass is 296 g/mol. The first-order valence-corrected chi connectivity index (χ1v) is 7.62. The number of sulfonamides is 1. The van der Waals surface area contributed by atoms with E-state index in [2.05, 4.69) is 0 Å². The highest BCUT2D eigenvalue weighted by atomic mass is 32.2. The van der Waals surface area contributed by atoms with Crippen molar-refractivity contribution in [1.29, 1.82) is 0 Å². The van der Waals surface area contributed by atoms with Crippen LogP contribution in [-0.4, -0.2) is 48.6 Å². The maximum Gasteiger partial charge on any atom is 0.321 e. The minimum absolute atomic E-state index is 0.111. The van der Waals surface area contributed by atoms with Gasteiger partial charge in [-0.1, -0.05) is 19.1 Å². The number of hydrogen-bond acceptors (Lipinski definition) is 5. The summed E-state index contributed by atoms with van der Waals surface area (Å²) in [5, 5.41) is -0.992. The van der Waals surface area contributed by atoms with Gasteiger partial charge in [-0.2, -0.15) is 4.31 Å². The number of esters is 1. The van der Waals surface area contributed by atoms with Gasteiger partial charge in [-0.05, 0) is 20.3 Å². The van der Waals surface area contributed by atoms with E-state index in [0.29, 0.717) is 6.42 Å². The smallest absolute Gasteiger partial charge is 0.321 e. The third kappa shape index (κ3) is 4.87. The lowest BCUT2D eigenvalue weighted by Crippen LogP contribution is -2.45. The Balaban J connectivity index is 4.98. The molecule has 0 spiro atoms. The summed E-state index contributed by atoms with van der Waals surface area (Å²) in [6.45, 7) is 5.02. The van der Waals surface area contributed by atoms with Crippen LogP contribution >= 0.6 is 12.2 Å². The van der Waals surface area contributed by atoms with Gasteiger partial charge in [0, 0.05) is 6.54 Å². The van der Waals surface area contributed by atoms with E-state index in [9.17, 15) is 13.2 Å². The van der Waals surface area contributed by atoms with Gasteiger partial charge in [0.15, 0.2) is 0 Å². The molecule has 0 radical (unpaired) electrons. The molecule has 0 aliphatic heterocycles. The summed E-state index contributed by atoms with van der Waals surface area (Å²) in [5.41, 5.74) is 5.35. The number of rotatable bonds is 8. The zero-order valence-electron chi connectivity index (χ0n) is 10.9. The molecule has 8 heteroatoms. The Labute approximate surface area is 114 Å². The first-order valence-electron chi connectivity index (χ1n) is 5.71. The zero-order valence-corrected chi connectivity index (χ0v) is 12.5. The second-order valence-corrected chi connectivity index (χ2v) is 6.45. The van der Waals surface area contributed by atoms with Gasteiger partial charge in [0.25, 0.3) is 0 Å². The van der Waals surface area contributed by atoms with Crippen LogP contribution in [0.25, 0.3) is 0 Å². The normalized spacial score (nSPS) is 13.3. The van der Waals surface area contributed by atoms with E-state index >= 15 is 0 Å². The lowest BCUT2D eigenvalue weighted by molar-refractivity contribution is -0.143. The second kappa shape index (κ2) is 7.65. The third-order valence-corrected chi connectivity index (χ3v) is 4.97. The van der Waals surface area contributed by atoms with Crippen molar-refractivity contribution in [2.45, 2.75) is 32.4 Å². The number of carbonyl (C=O) groups excluding carboxylic acids is 1. The molecule has 0 aliphatic rings. The van der Waals surface area contributed by atoms with E-state index in [1.165, 1.54) is 6.92 Å². The molecule has 0 rings (SSSR count). The van der Waals surface area contributed by atoms with E-state index in [1.807, 2.05) is 6.92 Å². The second-order valence-electron chi connectivity index (χ2n) is 3.73. The molecule has 0 aromatic heterocycles. The molecule has 1 atom stereocenters. The average molecular weight is 296 g/mol. The molecule has 0 aromatic rings. The van der Waals surface area contributed by atoms with Crippen LogP contribution in [0.1, 0.15) is 27.2 Å². The van der Waals surface area contributed by atoms with Crippen molar-refractivity contribution in [3.8, 4) is 0 Å². The Kier molecular flexibility index (Phi) is 7.34. The highest BCUT2D eigenvalue weighted by molar-refractivity contribution is 7.92. The fourth-order valence-electron chi connectivity index (χ4n) is 1.27. The number of nitrogens with zero attached hydrogens (tertiary/aromatic N) is 1. The number of hydrogen-bond donors (Lipinski definition) is 1. The van der Waals surface area contributed by atoms with Crippen molar-refractivity contribution >= 4 is 33.2 Å². The lowest BCUT2D eigenvalue weighted by Gasteiger charge is -2.23. The van der Waals surface area contributed by atoms with Gasteiger partial charge >= 0.3 is 5.97 Å². The van der Waals surface area contributed by atoms with Gasteiger partial charge in [0.05, 0.1) is 11.6 Å². The maximum atomic E-state index is 12.2. The SMILES string of the molecule is CCCN(CC(=O)OCC)S(=O)(=O)C(C)C(N)=S. The van der Waals surface area contributed by atoms with Crippen molar-refractivity contribution in [3.05, 3.63) is 0 Å². The van der Waals surface area contributed by atoms with E-state index in [-0.39, 0.29) is 24.7 Å². The van der Waals surface area contributed by atoms with Crippen molar-refractivity contribution in [2.24, 2.45) is 5.73 Å².